The third kappa shape index (κ3) is 3.07. The minimum atomic E-state index is -0.301. The Balaban J connectivity index is 1.96. The van der Waals surface area contributed by atoms with Gasteiger partial charge in [-0.05, 0) is 31.9 Å². The highest BCUT2D eigenvalue weighted by molar-refractivity contribution is 5.94. The fourth-order valence-electron chi connectivity index (χ4n) is 2.29. The molecular weight excluding hydrogens is 260 g/mol. The SMILES string of the molecule is CCOC(=O)C1CCN(C(=O)c2ncccc2O)CC1. The largest absolute Gasteiger partial charge is 0.505 e. The number of amides is 1. The van der Waals surface area contributed by atoms with Crippen molar-refractivity contribution in [2.24, 2.45) is 5.92 Å². The normalized spacial score (nSPS) is 15.9. The lowest BCUT2D eigenvalue weighted by atomic mass is 9.97. The molecule has 0 unspecified atom stereocenters. The van der Waals surface area contributed by atoms with E-state index in [4.69, 9.17) is 4.74 Å². The molecule has 1 N–H and O–H groups in total. The molecule has 1 fully saturated rings. The maximum absolute atomic E-state index is 12.2. The second-order valence-electron chi connectivity index (χ2n) is 4.69. The van der Waals surface area contributed by atoms with Gasteiger partial charge in [0.2, 0.25) is 0 Å². The molecule has 0 atom stereocenters. The monoisotopic (exact) mass is 278 g/mol. The molecule has 1 aliphatic rings. The van der Waals surface area contributed by atoms with Gasteiger partial charge >= 0.3 is 5.97 Å². The van der Waals surface area contributed by atoms with Crippen LogP contribution in [0.25, 0.3) is 0 Å². The van der Waals surface area contributed by atoms with Crippen molar-refractivity contribution in [1.82, 2.24) is 9.88 Å². The molecule has 20 heavy (non-hydrogen) atoms. The second kappa shape index (κ2) is 6.36. The predicted molar refractivity (Wildman–Crippen MR) is 71.2 cm³/mol. The van der Waals surface area contributed by atoms with Crippen LogP contribution >= 0.6 is 0 Å². The minimum Gasteiger partial charge on any atom is -0.505 e. The first-order chi connectivity index (χ1) is 9.63. The van der Waals surface area contributed by atoms with Gasteiger partial charge in [0.05, 0.1) is 12.5 Å². The maximum Gasteiger partial charge on any atom is 0.309 e. The molecule has 0 aliphatic carbocycles. The van der Waals surface area contributed by atoms with Gasteiger partial charge in [0.1, 0.15) is 5.75 Å². The van der Waals surface area contributed by atoms with Crippen LogP contribution in [0.5, 0.6) is 5.75 Å². The van der Waals surface area contributed by atoms with Crippen LogP contribution in [0.15, 0.2) is 18.3 Å². The smallest absolute Gasteiger partial charge is 0.309 e. The molecule has 2 heterocycles. The Kier molecular flexibility index (Phi) is 4.55. The van der Waals surface area contributed by atoms with Crippen molar-refractivity contribution in [3.63, 3.8) is 0 Å². The van der Waals surface area contributed by atoms with E-state index in [0.29, 0.717) is 32.5 Å². The molecule has 1 aromatic rings. The highest BCUT2D eigenvalue weighted by Crippen LogP contribution is 2.22. The number of hydrogen-bond acceptors (Lipinski definition) is 5. The molecule has 1 amide bonds. The Labute approximate surface area is 117 Å². The zero-order chi connectivity index (χ0) is 14.5. The number of pyridine rings is 1. The average molecular weight is 278 g/mol. The number of aromatic nitrogens is 1. The Morgan fingerprint density at radius 1 is 1.45 bits per heavy atom. The first-order valence-corrected chi connectivity index (χ1v) is 6.73. The fraction of sp³-hybridized carbons (Fsp3) is 0.500. The van der Waals surface area contributed by atoms with Crippen LogP contribution in [0.3, 0.4) is 0 Å². The van der Waals surface area contributed by atoms with Crippen LogP contribution in [-0.4, -0.2) is 46.6 Å². The number of likely N-dealkylation sites (tertiary alicyclic amines) is 1. The van der Waals surface area contributed by atoms with E-state index in [1.54, 1.807) is 17.9 Å². The number of aromatic hydroxyl groups is 1. The highest BCUT2D eigenvalue weighted by Gasteiger charge is 2.29. The summed E-state index contributed by atoms with van der Waals surface area (Å²) in [5.74, 6) is -0.757. The number of ether oxygens (including phenoxy) is 1. The molecule has 1 aliphatic heterocycles. The first kappa shape index (κ1) is 14.3. The predicted octanol–water partition coefficient (Wildman–Crippen LogP) is 1.20. The van der Waals surface area contributed by atoms with Crippen LogP contribution in [0.4, 0.5) is 0 Å². The Morgan fingerprint density at radius 3 is 2.75 bits per heavy atom. The van der Waals surface area contributed by atoms with Crippen LogP contribution in [0.2, 0.25) is 0 Å². The van der Waals surface area contributed by atoms with Gasteiger partial charge in [0.15, 0.2) is 5.69 Å². The van der Waals surface area contributed by atoms with Crippen LogP contribution in [0.1, 0.15) is 30.3 Å². The summed E-state index contributed by atoms with van der Waals surface area (Å²) in [5.41, 5.74) is 0.0575. The van der Waals surface area contributed by atoms with Crippen molar-refractivity contribution in [3.8, 4) is 5.75 Å². The number of rotatable bonds is 3. The van der Waals surface area contributed by atoms with E-state index < -0.39 is 0 Å². The molecule has 2 rings (SSSR count). The summed E-state index contributed by atoms with van der Waals surface area (Å²) in [6.45, 7) is 3.09. The standard InChI is InChI=1S/C14H18N2O4/c1-2-20-14(19)10-5-8-16(9-6-10)13(18)12-11(17)4-3-7-15-12/h3-4,7,10,17H,2,5-6,8-9H2,1H3. The van der Waals surface area contributed by atoms with Crippen molar-refractivity contribution in [2.45, 2.75) is 19.8 Å². The van der Waals surface area contributed by atoms with Gasteiger partial charge in [0.25, 0.3) is 5.91 Å². The van der Waals surface area contributed by atoms with E-state index in [0.717, 1.165) is 0 Å². The van der Waals surface area contributed by atoms with Crippen molar-refractivity contribution in [1.29, 1.82) is 0 Å². The molecule has 0 saturated carbocycles. The molecule has 6 heteroatoms. The van der Waals surface area contributed by atoms with Gasteiger partial charge in [-0.25, -0.2) is 4.98 Å². The summed E-state index contributed by atoms with van der Waals surface area (Å²) in [6, 6.07) is 3.00. The Morgan fingerprint density at radius 2 is 2.15 bits per heavy atom. The first-order valence-electron chi connectivity index (χ1n) is 6.73. The zero-order valence-electron chi connectivity index (χ0n) is 11.4. The third-order valence-electron chi connectivity index (χ3n) is 3.39. The van der Waals surface area contributed by atoms with Gasteiger partial charge in [0, 0.05) is 19.3 Å². The molecule has 6 nitrogen and oxygen atoms in total. The van der Waals surface area contributed by atoms with Gasteiger partial charge < -0.3 is 14.7 Å². The molecule has 1 saturated heterocycles. The fourth-order valence-corrected chi connectivity index (χ4v) is 2.29. The number of esters is 1. The number of carbonyl (C=O) groups is 2. The van der Waals surface area contributed by atoms with Crippen molar-refractivity contribution in [2.75, 3.05) is 19.7 Å². The van der Waals surface area contributed by atoms with E-state index in [1.807, 2.05) is 0 Å². The van der Waals surface area contributed by atoms with Gasteiger partial charge in [-0.3, -0.25) is 9.59 Å². The van der Waals surface area contributed by atoms with Crippen LogP contribution in [0, 0.1) is 5.92 Å². The summed E-state index contributed by atoms with van der Waals surface area (Å²) in [7, 11) is 0. The van der Waals surface area contributed by atoms with E-state index in [1.165, 1.54) is 12.3 Å². The van der Waals surface area contributed by atoms with Crippen molar-refractivity contribution in [3.05, 3.63) is 24.0 Å². The number of hydrogen-bond donors (Lipinski definition) is 1. The lowest BCUT2D eigenvalue weighted by molar-refractivity contribution is -0.149. The topological polar surface area (TPSA) is 79.7 Å². The zero-order valence-corrected chi connectivity index (χ0v) is 11.4. The molecular formula is C14H18N2O4. The summed E-state index contributed by atoms with van der Waals surface area (Å²) in [6.07, 6.45) is 2.63. The Hall–Kier alpha value is -2.11. The number of piperidine rings is 1. The molecule has 1 aromatic heterocycles. The lowest BCUT2D eigenvalue weighted by Gasteiger charge is -2.30. The number of nitrogens with zero attached hydrogens (tertiary/aromatic N) is 2. The van der Waals surface area contributed by atoms with E-state index in [9.17, 15) is 14.7 Å². The van der Waals surface area contributed by atoms with Crippen LogP contribution < -0.4 is 0 Å². The summed E-state index contributed by atoms with van der Waals surface area (Å²) in [4.78, 5) is 29.3. The maximum atomic E-state index is 12.2. The van der Waals surface area contributed by atoms with Gasteiger partial charge in [-0.15, -0.1) is 0 Å². The van der Waals surface area contributed by atoms with Gasteiger partial charge in [-0.2, -0.15) is 0 Å². The summed E-state index contributed by atoms with van der Waals surface area (Å²) < 4.78 is 4.99. The molecule has 108 valence electrons. The summed E-state index contributed by atoms with van der Waals surface area (Å²) >= 11 is 0. The third-order valence-corrected chi connectivity index (χ3v) is 3.39. The quantitative estimate of drug-likeness (QED) is 0.840. The van der Waals surface area contributed by atoms with E-state index >= 15 is 0 Å². The number of carbonyl (C=O) groups excluding carboxylic acids is 2. The van der Waals surface area contributed by atoms with Crippen LogP contribution in [-0.2, 0) is 9.53 Å². The summed E-state index contributed by atoms with van der Waals surface area (Å²) in [5, 5.41) is 9.64. The Bertz CT molecular complexity index is 496. The lowest BCUT2D eigenvalue weighted by Crippen LogP contribution is -2.41. The van der Waals surface area contributed by atoms with Crippen molar-refractivity contribution < 1.29 is 19.4 Å². The molecule has 0 radical (unpaired) electrons. The van der Waals surface area contributed by atoms with Crippen molar-refractivity contribution >= 4 is 11.9 Å². The van der Waals surface area contributed by atoms with E-state index in [2.05, 4.69) is 4.98 Å². The van der Waals surface area contributed by atoms with E-state index in [-0.39, 0.29) is 29.2 Å². The highest BCUT2D eigenvalue weighted by atomic mass is 16.5. The second-order valence-corrected chi connectivity index (χ2v) is 4.69. The molecule has 0 spiro atoms. The van der Waals surface area contributed by atoms with Gasteiger partial charge in [-0.1, -0.05) is 0 Å². The molecule has 0 aromatic carbocycles. The average Bonchev–Trinajstić information content (AvgIpc) is 2.47. The molecule has 0 bridgehead atoms. The minimum absolute atomic E-state index is 0.0575.